The van der Waals surface area contributed by atoms with Gasteiger partial charge in [-0.2, -0.15) is 0 Å². The van der Waals surface area contributed by atoms with Crippen molar-refractivity contribution < 1.29 is 9.18 Å². The minimum atomic E-state index is -0.269. The molecule has 0 radical (unpaired) electrons. The fourth-order valence-corrected chi connectivity index (χ4v) is 2.43. The van der Waals surface area contributed by atoms with Gasteiger partial charge in [0.2, 0.25) is 5.91 Å². The molecule has 0 saturated carbocycles. The lowest BCUT2D eigenvalue weighted by molar-refractivity contribution is -0.115. The minimum Gasteiger partial charge on any atom is -0.385 e. The van der Waals surface area contributed by atoms with Crippen LogP contribution in [0.2, 0.25) is 0 Å². The highest BCUT2D eigenvalue weighted by molar-refractivity contribution is 5.92. The quantitative estimate of drug-likeness (QED) is 0.811. The first-order chi connectivity index (χ1) is 11.0. The van der Waals surface area contributed by atoms with Crippen molar-refractivity contribution in [3.05, 3.63) is 59.4 Å². The molecule has 0 saturated heterocycles. The monoisotopic (exact) mass is 314 g/mol. The molecule has 0 fully saturated rings. The molecule has 2 rings (SSSR count). The molecule has 2 N–H and O–H groups in total. The van der Waals surface area contributed by atoms with Crippen molar-refractivity contribution in [1.29, 1.82) is 0 Å². The predicted molar refractivity (Wildman–Crippen MR) is 93.4 cm³/mol. The van der Waals surface area contributed by atoms with Crippen LogP contribution in [0, 0.1) is 12.7 Å². The number of carbonyl (C=O) groups is 1. The molecule has 2 aromatic rings. The molecule has 4 heteroatoms. The second-order valence-corrected chi connectivity index (χ2v) is 5.93. The van der Waals surface area contributed by atoms with Crippen LogP contribution in [0.3, 0.4) is 0 Å². The zero-order valence-electron chi connectivity index (χ0n) is 13.8. The summed E-state index contributed by atoms with van der Waals surface area (Å²) >= 11 is 0. The van der Waals surface area contributed by atoms with E-state index in [9.17, 15) is 9.18 Å². The molecule has 0 aliphatic heterocycles. The highest BCUT2D eigenvalue weighted by Gasteiger charge is 2.11. The average Bonchev–Trinajstić information content (AvgIpc) is 2.51. The summed E-state index contributed by atoms with van der Waals surface area (Å²) < 4.78 is 12.8. The maximum atomic E-state index is 12.8. The molecule has 0 bridgehead atoms. The van der Waals surface area contributed by atoms with Gasteiger partial charge in [-0.15, -0.1) is 0 Å². The van der Waals surface area contributed by atoms with Gasteiger partial charge >= 0.3 is 0 Å². The Kier molecular flexibility index (Phi) is 5.74. The van der Waals surface area contributed by atoms with E-state index >= 15 is 0 Å². The summed E-state index contributed by atoms with van der Waals surface area (Å²) in [5.74, 6) is 0.0485. The van der Waals surface area contributed by atoms with Gasteiger partial charge in [-0.3, -0.25) is 4.79 Å². The second-order valence-electron chi connectivity index (χ2n) is 5.93. The van der Waals surface area contributed by atoms with Crippen molar-refractivity contribution >= 4 is 17.3 Å². The summed E-state index contributed by atoms with van der Waals surface area (Å²) in [6.45, 7) is 6.72. The molecule has 0 heterocycles. The first-order valence-corrected chi connectivity index (χ1v) is 7.86. The number of halogens is 1. The third kappa shape index (κ3) is 4.81. The lowest BCUT2D eigenvalue weighted by Crippen LogP contribution is -2.18. The molecule has 0 unspecified atom stereocenters. The van der Waals surface area contributed by atoms with Gasteiger partial charge in [-0.05, 0) is 48.2 Å². The summed E-state index contributed by atoms with van der Waals surface area (Å²) in [7, 11) is 0. The summed E-state index contributed by atoms with van der Waals surface area (Å²) in [6, 6.07) is 12.2. The van der Waals surface area contributed by atoms with Crippen LogP contribution in [0.4, 0.5) is 15.8 Å². The Morgan fingerprint density at radius 1 is 1.13 bits per heavy atom. The molecule has 0 aliphatic rings. The van der Waals surface area contributed by atoms with Crippen LogP contribution in [0.25, 0.3) is 0 Å². The van der Waals surface area contributed by atoms with E-state index in [1.165, 1.54) is 12.1 Å². The fourth-order valence-electron chi connectivity index (χ4n) is 2.43. The third-order valence-corrected chi connectivity index (χ3v) is 3.72. The van der Waals surface area contributed by atoms with Crippen LogP contribution in [-0.4, -0.2) is 12.5 Å². The highest BCUT2D eigenvalue weighted by Crippen LogP contribution is 2.27. The molecule has 0 spiro atoms. The number of carbonyl (C=O) groups excluding carboxylic acids is 1. The van der Waals surface area contributed by atoms with Gasteiger partial charge in [-0.1, -0.05) is 32.0 Å². The van der Waals surface area contributed by atoms with E-state index < -0.39 is 0 Å². The van der Waals surface area contributed by atoms with Crippen LogP contribution in [0.5, 0.6) is 0 Å². The maximum Gasteiger partial charge on any atom is 0.226 e. The average molecular weight is 314 g/mol. The molecule has 0 atom stereocenters. The van der Waals surface area contributed by atoms with Crippen LogP contribution in [0.15, 0.2) is 42.5 Å². The van der Waals surface area contributed by atoms with E-state index in [1.54, 1.807) is 12.1 Å². The van der Waals surface area contributed by atoms with Gasteiger partial charge in [0.15, 0.2) is 0 Å². The maximum absolute atomic E-state index is 12.8. The van der Waals surface area contributed by atoms with Gasteiger partial charge < -0.3 is 10.6 Å². The van der Waals surface area contributed by atoms with E-state index in [0.717, 1.165) is 22.5 Å². The van der Waals surface area contributed by atoms with Crippen molar-refractivity contribution in [2.24, 2.45) is 0 Å². The largest absolute Gasteiger partial charge is 0.385 e. The first kappa shape index (κ1) is 17.0. The van der Waals surface area contributed by atoms with Crippen LogP contribution in [-0.2, 0) is 4.79 Å². The van der Waals surface area contributed by atoms with Gasteiger partial charge in [0.1, 0.15) is 5.82 Å². The molecule has 23 heavy (non-hydrogen) atoms. The van der Waals surface area contributed by atoms with E-state index in [2.05, 4.69) is 24.5 Å². The van der Waals surface area contributed by atoms with E-state index in [4.69, 9.17) is 0 Å². The lowest BCUT2D eigenvalue weighted by Gasteiger charge is -2.16. The number of anilines is 2. The van der Waals surface area contributed by atoms with Crippen molar-refractivity contribution in [2.75, 3.05) is 17.2 Å². The number of hydrogen-bond donors (Lipinski definition) is 2. The first-order valence-electron chi connectivity index (χ1n) is 7.86. The van der Waals surface area contributed by atoms with Crippen molar-refractivity contribution in [2.45, 2.75) is 33.1 Å². The third-order valence-electron chi connectivity index (χ3n) is 3.72. The van der Waals surface area contributed by atoms with E-state index in [0.29, 0.717) is 18.9 Å². The van der Waals surface area contributed by atoms with Crippen LogP contribution < -0.4 is 10.6 Å². The molecule has 3 nitrogen and oxygen atoms in total. The summed E-state index contributed by atoms with van der Waals surface area (Å²) in [6.07, 6.45) is 0.350. The second kappa shape index (κ2) is 7.77. The Bertz CT molecular complexity index is 666. The fraction of sp³-hybridized carbons (Fsp3) is 0.316. The van der Waals surface area contributed by atoms with Crippen molar-refractivity contribution in [3.8, 4) is 0 Å². The molecular weight excluding hydrogens is 291 g/mol. The Labute approximate surface area is 136 Å². The normalized spacial score (nSPS) is 10.7. The van der Waals surface area contributed by atoms with Crippen LogP contribution >= 0.6 is 0 Å². The number of nitrogens with one attached hydrogen (secondary N) is 2. The van der Waals surface area contributed by atoms with Gasteiger partial charge in [-0.25, -0.2) is 4.39 Å². The zero-order valence-corrected chi connectivity index (χ0v) is 13.8. The Balaban J connectivity index is 1.91. The molecule has 0 aliphatic carbocycles. The molecular formula is C19H23FN2O. The smallest absolute Gasteiger partial charge is 0.226 e. The number of aryl methyl sites for hydroxylation is 1. The van der Waals surface area contributed by atoms with E-state index in [1.807, 2.05) is 25.1 Å². The number of benzene rings is 2. The summed E-state index contributed by atoms with van der Waals surface area (Å²) in [4.78, 5) is 12.2. The number of rotatable bonds is 6. The number of hydrogen-bond acceptors (Lipinski definition) is 2. The van der Waals surface area contributed by atoms with E-state index in [-0.39, 0.29) is 11.7 Å². The molecule has 0 aromatic heterocycles. The van der Waals surface area contributed by atoms with Crippen LogP contribution in [0.1, 0.15) is 37.3 Å². The Morgan fingerprint density at radius 3 is 2.48 bits per heavy atom. The minimum absolute atomic E-state index is 0.0317. The highest BCUT2D eigenvalue weighted by atomic mass is 19.1. The summed E-state index contributed by atoms with van der Waals surface area (Å²) in [5.41, 5.74) is 3.92. The van der Waals surface area contributed by atoms with Gasteiger partial charge in [0.25, 0.3) is 0 Å². The standard InChI is InChI=1S/C19H23FN2O/c1-13(2)17-6-4-5-14(3)19(17)22-18(23)11-12-21-16-9-7-15(20)8-10-16/h4-10,13,21H,11-12H2,1-3H3,(H,22,23). The number of amides is 1. The molecule has 1 amide bonds. The predicted octanol–water partition coefficient (Wildman–Crippen LogP) is 4.70. The topological polar surface area (TPSA) is 41.1 Å². The molecule has 122 valence electrons. The van der Waals surface area contributed by atoms with Crippen molar-refractivity contribution in [1.82, 2.24) is 0 Å². The van der Waals surface area contributed by atoms with Gasteiger partial charge in [0, 0.05) is 24.3 Å². The number of para-hydroxylation sites is 1. The molecule has 2 aromatic carbocycles. The lowest BCUT2D eigenvalue weighted by atomic mass is 9.98. The zero-order chi connectivity index (χ0) is 16.8. The SMILES string of the molecule is Cc1cccc(C(C)C)c1NC(=O)CCNc1ccc(F)cc1. The summed E-state index contributed by atoms with van der Waals surface area (Å²) in [5, 5.41) is 6.13. The van der Waals surface area contributed by atoms with Gasteiger partial charge in [0.05, 0.1) is 0 Å². The Hall–Kier alpha value is -2.36. The Morgan fingerprint density at radius 2 is 1.83 bits per heavy atom. The van der Waals surface area contributed by atoms with Crippen molar-refractivity contribution in [3.63, 3.8) is 0 Å².